The van der Waals surface area contributed by atoms with Gasteiger partial charge in [0, 0.05) is 30.3 Å². The van der Waals surface area contributed by atoms with Gasteiger partial charge in [0.15, 0.2) is 0 Å². The van der Waals surface area contributed by atoms with E-state index in [0.717, 1.165) is 16.7 Å². The molecule has 5 heteroatoms. The smallest absolute Gasteiger partial charge is 0.253 e. The van der Waals surface area contributed by atoms with Crippen molar-refractivity contribution in [3.8, 4) is 11.3 Å². The number of carbonyl (C=O) groups excluding carboxylic acids is 1. The topological polar surface area (TPSA) is 64.0 Å². The molecule has 1 N–H and O–H groups in total. The lowest BCUT2D eigenvalue weighted by atomic mass is 10.1. The Hall–Kier alpha value is -3.21. The van der Waals surface area contributed by atoms with E-state index in [1.165, 1.54) is 17.0 Å². The normalized spacial score (nSPS) is 10.5. The summed E-state index contributed by atoms with van der Waals surface area (Å²) in [6.07, 6.45) is 1.52. The number of carbonyl (C=O) groups is 1. The van der Waals surface area contributed by atoms with Gasteiger partial charge in [-0.2, -0.15) is 0 Å². The van der Waals surface area contributed by atoms with Crippen LogP contribution < -0.4 is 10.9 Å². The molecule has 0 aliphatic heterocycles. The Morgan fingerprint density at radius 1 is 1.04 bits per heavy atom. The van der Waals surface area contributed by atoms with Gasteiger partial charge in [-0.25, -0.2) is 4.98 Å². The van der Waals surface area contributed by atoms with Crippen LogP contribution in [0.15, 0.2) is 65.7 Å². The minimum Gasteiger partial charge on any atom is -0.350 e. The average Bonchev–Trinajstić information content (AvgIpc) is 2.66. The van der Waals surface area contributed by atoms with Crippen LogP contribution in [0.5, 0.6) is 0 Å². The summed E-state index contributed by atoms with van der Waals surface area (Å²) in [5.41, 5.74) is 4.26. The summed E-state index contributed by atoms with van der Waals surface area (Å²) in [4.78, 5) is 28.8. The van der Waals surface area contributed by atoms with Crippen molar-refractivity contribution >= 4 is 5.91 Å². The molecule has 0 saturated carbocycles. The maximum Gasteiger partial charge on any atom is 0.253 e. The molecule has 0 fully saturated rings. The maximum absolute atomic E-state index is 12.3. The lowest BCUT2D eigenvalue weighted by molar-refractivity contribution is 0.0952. The summed E-state index contributed by atoms with van der Waals surface area (Å²) in [6, 6.07) is 16.7. The number of benzene rings is 2. The second-order valence-electron chi connectivity index (χ2n) is 6.23. The monoisotopic (exact) mass is 347 g/mol. The highest BCUT2D eigenvalue weighted by molar-refractivity contribution is 5.94. The van der Waals surface area contributed by atoms with Gasteiger partial charge in [0.25, 0.3) is 11.5 Å². The second kappa shape index (κ2) is 7.78. The first kappa shape index (κ1) is 17.6. The number of aromatic nitrogens is 2. The largest absolute Gasteiger partial charge is 0.350 e. The number of amides is 1. The molecule has 3 rings (SSSR count). The Bertz CT molecular complexity index is 978. The van der Waals surface area contributed by atoms with Crippen LogP contribution in [0.25, 0.3) is 11.3 Å². The lowest BCUT2D eigenvalue weighted by Crippen LogP contribution is -2.30. The molecule has 0 saturated heterocycles. The lowest BCUT2D eigenvalue weighted by Gasteiger charge is -2.09. The van der Waals surface area contributed by atoms with Crippen LogP contribution in [0, 0.1) is 13.8 Å². The molecule has 0 spiro atoms. The SMILES string of the molecule is Cc1ccc(C(=O)NCCn2cnc(-c3ccccc3)cc2=O)cc1C. The summed E-state index contributed by atoms with van der Waals surface area (Å²) in [7, 11) is 0. The van der Waals surface area contributed by atoms with E-state index in [9.17, 15) is 9.59 Å². The predicted molar refractivity (Wildman–Crippen MR) is 102 cm³/mol. The van der Waals surface area contributed by atoms with E-state index in [-0.39, 0.29) is 11.5 Å². The second-order valence-corrected chi connectivity index (χ2v) is 6.23. The van der Waals surface area contributed by atoms with E-state index in [1.54, 1.807) is 6.07 Å². The van der Waals surface area contributed by atoms with Gasteiger partial charge >= 0.3 is 0 Å². The van der Waals surface area contributed by atoms with E-state index in [2.05, 4.69) is 10.3 Å². The Labute approximate surface area is 152 Å². The zero-order chi connectivity index (χ0) is 18.5. The third-order valence-electron chi connectivity index (χ3n) is 4.36. The zero-order valence-corrected chi connectivity index (χ0v) is 14.9. The molecule has 1 aromatic heterocycles. The number of nitrogens with zero attached hydrogens (tertiary/aromatic N) is 2. The molecule has 0 bridgehead atoms. The fraction of sp³-hybridized carbons (Fsp3) is 0.190. The van der Waals surface area contributed by atoms with E-state index >= 15 is 0 Å². The molecule has 3 aromatic rings. The third kappa shape index (κ3) is 4.06. The Balaban J connectivity index is 1.62. The predicted octanol–water partition coefficient (Wildman–Crippen LogP) is 2.96. The van der Waals surface area contributed by atoms with Crippen molar-refractivity contribution in [1.29, 1.82) is 0 Å². The van der Waals surface area contributed by atoms with E-state index < -0.39 is 0 Å². The molecule has 0 aliphatic rings. The van der Waals surface area contributed by atoms with Crippen LogP contribution in [0.4, 0.5) is 0 Å². The van der Waals surface area contributed by atoms with Crippen LogP contribution in [-0.2, 0) is 6.54 Å². The van der Waals surface area contributed by atoms with Gasteiger partial charge in [0.1, 0.15) is 0 Å². The van der Waals surface area contributed by atoms with Crippen molar-refractivity contribution < 1.29 is 4.79 Å². The summed E-state index contributed by atoms with van der Waals surface area (Å²) in [6.45, 7) is 4.72. The maximum atomic E-state index is 12.3. The molecule has 0 unspecified atom stereocenters. The van der Waals surface area contributed by atoms with Gasteiger partial charge in [-0.15, -0.1) is 0 Å². The van der Waals surface area contributed by atoms with E-state index in [4.69, 9.17) is 0 Å². The van der Waals surface area contributed by atoms with Crippen molar-refractivity contribution in [2.75, 3.05) is 6.54 Å². The zero-order valence-electron chi connectivity index (χ0n) is 14.9. The van der Waals surface area contributed by atoms with Crippen LogP contribution in [0.3, 0.4) is 0 Å². The molecular weight excluding hydrogens is 326 g/mol. The van der Waals surface area contributed by atoms with Crippen LogP contribution in [0.1, 0.15) is 21.5 Å². The molecular formula is C21H21N3O2. The molecule has 132 valence electrons. The Kier molecular flexibility index (Phi) is 5.27. The number of nitrogens with one attached hydrogen (secondary N) is 1. The number of aryl methyl sites for hydroxylation is 2. The molecule has 1 heterocycles. The van der Waals surface area contributed by atoms with Crippen molar-refractivity contribution in [2.24, 2.45) is 0 Å². The summed E-state index contributed by atoms with van der Waals surface area (Å²) >= 11 is 0. The van der Waals surface area contributed by atoms with Crippen molar-refractivity contribution in [1.82, 2.24) is 14.9 Å². The molecule has 26 heavy (non-hydrogen) atoms. The number of hydrogen-bond donors (Lipinski definition) is 1. The van der Waals surface area contributed by atoms with Crippen LogP contribution in [-0.4, -0.2) is 22.0 Å². The summed E-state index contributed by atoms with van der Waals surface area (Å²) in [5.74, 6) is -0.144. The Morgan fingerprint density at radius 2 is 1.81 bits per heavy atom. The highest BCUT2D eigenvalue weighted by Gasteiger charge is 2.07. The molecule has 0 radical (unpaired) electrons. The highest BCUT2D eigenvalue weighted by Crippen LogP contribution is 2.13. The first-order valence-corrected chi connectivity index (χ1v) is 8.52. The van der Waals surface area contributed by atoms with Crippen molar-refractivity contribution in [2.45, 2.75) is 20.4 Å². The minimum absolute atomic E-state index is 0.140. The van der Waals surface area contributed by atoms with Crippen LogP contribution in [0.2, 0.25) is 0 Å². The fourth-order valence-electron chi connectivity index (χ4n) is 2.64. The molecule has 0 atom stereocenters. The summed E-state index contributed by atoms with van der Waals surface area (Å²) in [5, 5.41) is 2.84. The first-order chi connectivity index (χ1) is 12.5. The highest BCUT2D eigenvalue weighted by atomic mass is 16.1. The number of hydrogen-bond acceptors (Lipinski definition) is 3. The van der Waals surface area contributed by atoms with Gasteiger partial charge < -0.3 is 5.32 Å². The fourth-order valence-corrected chi connectivity index (χ4v) is 2.64. The van der Waals surface area contributed by atoms with Gasteiger partial charge in [0.2, 0.25) is 0 Å². The van der Waals surface area contributed by atoms with Gasteiger partial charge in [0.05, 0.1) is 12.0 Å². The van der Waals surface area contributed by atoms with Gasteiger partial charge in [-0.05, 0) is 37.1 Å². The molecule has 2 aromatic carbocycles. The van der Waals surface area contributed by atoms with Crippen LogP contribution >= 0.6 is 0 Å². The first-order valence-electron chi connectivity index (χ1n) is 8.52. The van der Waals surface area contributed by atoms with Gasteiger partial charge in [-0.3, -0.25) is 14.2 Å². The minimum atomic E-state index is -0.144. The van der Waals surface area contributed by atoms with Gasteiger partial charge in [-0.1, -0.05) is 36.4 Å². The van der Waals surface area contributed by atoms with E-state index in [0.29, 0.717) is 24.3 Å². The number of rotatable bonds is 5. The quantitative estimate of drug-likeness (QED) is 0.772. The van der Waals surface area contributed by atoms with Crippen molar-refractivity contribution in [3.05, 3.63) is 88.0 Å². The van der Waals surface area contributed by atoms with E-state index in [1.807, 2.05) is 56.3 Å². The molecule has 0 aliphatic carbocycles. The van der Waals surface area contributed by atoms with Crippen molar-refractivity contribution in [3.63, 3.8) is 0 Å². The Morgan fingerprint density at radius 3 is 2.50 bits per heavy atom. The molecule has 5 nitrogen and oxygen atoms in total. The third-order valence-corrected chi connectivity index (χ3v) is 4.36. The molecule has 1 amide bonds. The average molecular weight is 347 g/mol. The standard InChI is InChI=1S/C21H21N3O2/c1-15-8-9-18(12-16(15)2)21(26)22-10-11-24-14-23-19(13-20(24)25)17-6-4-3-5-7-17/h3-9,12-14H,10-11H2,1-2H3,(H,22,26). The summed E-state index contributed by atoms with van der Waals surface area (Å²) < 4.78 is 1.49.